The van der Waals surface area contributed by atoms with E-state index < -0.39 is 0 Å². The zero-order valence-electron chi connectivity index (χ0n) is 12.3. The molecule has 0 aliphatic heterocycles. The molecule has 3 nitrogen and oxygen atoms in total. The van der Waals surface area contributed by atoms with Crippen LogP contribution in [0.4, 0.5) is 0 Å². The molecular formula is C17H20O3. The Kier molecular flexibility index (Phi) is 3.28. The highest BCUT2D eigenvalue weighted by atomic mass is 16.5. The summed E-state index contributed by atoms with van der Waals surface area (Å²) in [7, 11) is 0. The molecule has 3 rings (SSSR count). The predicted octanol–water partition coefficient (Wildman–Crippen LogP) is 3.77. The highest BCUT2D eigenvalue weighted by molar-refractivity contribution is 5.88. The Labute approximate surface area is 118 Å². The van der Waals surface area contributed by atoms with E-state index in [9.17, 15) is 4.79 Å². The van der Waals surface area contributed by atoms with Crippen molar-refractivity contribution >= 4 is 11.0 Å². The van der Waals surface area contributed by atoms with E-state index in [2.05, 4.69) is 0 Å². The maximum atomic E-state index is 12.1. The standard InChI is InChI=1S/C17H20O3/c1-10(2)19-14-8-11(3)9-15-16(14)12-6-4-5-7-13(12)17(18)20-15/h8-10H,4-7H2,1-3H3. The monoisotopic (exact) mass is 272 g/mol. The molecule has 1 aromatic carbocycles. The number of hydrogen-bond donors (Lipinski definition) is 0. The fraction of sp³-hybridized carbons (Fsp3) is 0.471. The Balaban J connectivity index is 2.35. The summed E-state index contributed by atoms with van der Waals surface area (Å²) in [6.45, 7) is 6.02. The molecule has 0 saturated carbocycles. The molecule has 1 aromatic heterocycles. The van der Waals surface area contributed by atoms with Crippen LogP contribution in [0.5, 0.6) is 5.75 Å². The summed E-state index contributed by atoms with van der Waals surface area (Å²) in [6.07, 6.45) is 4.05. The van der Waals surface area contributed by atoms with Gasteiger partial charge in [-0.05, 0) is 69.7 Å². The minimum absolute atomic E-state index is 0.103. The molecule has 0 saturated heterocycles. The van der Waals surface area contributed by atoms with Crippen LogP contribution < -0.4 is 10.4 Å². The van der Waals surface area contributed by atoms with Crippen molar-refractivity contribution in [2.24, 2.45) is 0 Å². The second kappa shape index (κ2) is 4.97. The molecule has 0 spiro atoms. The van der Waals surface area contributed by atoms with E-state index >= 15 is 0 Å². The SMILES string of the molecule is Cc1cc(OC(C)C)c2c3c(c(=O)oc2c1)CCCC3. The van der Waals surface area contributed by atoms with Crippen molar-refractivity contribution in [1.82, 2.24) is 0 Å². The van der Waals surface area contributed by atoms with Crippen molar-refractivity contribution in [3.63, 3.8) is 0 Å². The number of benzene rings is 1. The van der Waals surface area contributed by atoms with Crippen LogP contribution in [-0.4, -0.2) is 6.10 Å². The Hall–Kier alpha value is -1.77. The van der Waals surface area contributed by atoms with Gasteiger partial charge in [0.15, 0.2) is 0 Å². The molecule has 0 atom stereocenters. The van der Waals surface area contributed by atoms with Crippen molar-refractivity contribution in [2.45, 2.75) is 52.6 Å². The summed E-state index contributed by atoms with van der Waals surface area (Å²) in [6, 6.07) is 3.97. The van der Waals surface area contributed by atoms with E-state index in [0.717, 1.165) is 53.5 Å². The Morgan fingerprint density at radius 1 is 1.15 bits per heavy atom. The van der Waals surface area contributed by atoms with E-state index in [-0.39, 0.29) is 11.7 Å². The largest absolute Gasteiger partial charge is 0.490 e. The third kappa shape index (κ3) is 2.21. The summed E-state index contributed by atoms with van der Waals surface area (Å²) >= 11 is 0. The summed E-state index contributed by atoms with van der Waals surface area (Å²) in [5.74, 6) is 0.844. The average Bonchev–Trinajstić information content (AvgIpc) is 2.37. The molecule has 0 unspecified atom stereocenters. The first-order chi connectivity index (χ1) is 9.56. The van der Waals surface area contributed by atoms with Gasteiger partial charge >= 0.3 is 5.63 Å². The van der Waals surface area contributed by atoms with Gasteiger partial charge in [0.05, 0.1) is 11.5 Å². The van der Waals surface area contributed by atoms with E-state index in [4.69, 9.17) is 9.15 Å². The summed E-state index contributed by atoms with van der Waals surface area (Å²) in [5.41, 5.74) is 3.52. The van der Waals surface area contributed by atoms with Crippen molar-refractivity contribution in [3.8, 4) is 5.75 Å². The third-order valence-corrected chi connectivity index (χ3v) is 3.79. The zero-order valence-corrected chi connectivity index (χ0v) is 12.3. The molecule has 1 aliphatic rings. The Bertz CT molecular complexity index is 710. The van der Waals surface area contributed by atoms with Gasteiger partial charge in [-0.3, -0.25) is 0 Å². The molecule has 0 N–H and O–H groups in total. The first-order valence-electron chi connectivity index (χ1n) is 7.32. The molecule has 106 valence electrons. The van der Waals surface area contributed by atoms with Gasteiger partial charge in [-0.1, -0.05) is 0 Å². The van der Waals surface area contributed by atoms with Crippen molar-refractivity contribution in [2.75, 3.05) is 0 Å². The number of ether oxygens (including phenoxy) is 1. The molecule has 1 heterocycles. The van der Waals surface area contributed by atoms with Gasteiger partial charge in [-0.15, -0.1) is 0 Å². The highest BCUT2D eigenvalue weighted by Gasteiger charge is 2.21. The smallest absolute Gasteiger partial charge is 0.339 e. The molecule has 3 heteroatoms. The first-order valence-corrected chi connectivity index (χ1v) is 7.32. The Morgan fingerprint density at radius 2 is 1.85 bits per heavy atom. The van der Waals surface area contributed by atoms with Crippen molar-refractivity contribution in [1.29, 1.82) is 0 Å². The normalized spacial score (nSPS) is 14.6. The van der Waals surface area contributed by atoms with Crippen LogP contribution in [0.3, 0.4) is 0 Å². The molecule has 1 aliphatic carbocycles. The van der Waals surface area contributed by atoms with Crippen LogP contribution in [0.1, 0.15) is 43.4 Å². The lowest BCUT2D eigenvalue weighted by Crippen LogP contribution is -2.17. The Morgan fingerprint density at radius 3 is 2.55 bits per heavy atom. The highest BCUT2D eigenvalue weighted by Crippen LogP contribution is 2.34. The maximum Gasteiger partial charge on any atom is 0.339 e. The van der Waals surface area contributed by atoms with Gasteiger partial charge < -0.3 is 9.15 Å². The number of hydrogen-bond acceptors (Lipinski definition) is 3. The second-order valence-electron chi connectivity index (χ2n) is 5.86. The molecular weight excluding hydrogens is 252 g/mol. The quantitative estimate of drug-likeness (QED) is 0.781. The van der Waals surface area contributed by atoms with Crippen molar-refractivity contribution < 1.29 is 9.15 Å². The van der Waals surface area contributed by atoms with E-state index in [0.29, 0.717) is 5.58 Å². The summed E-state index contributed by atoms with van der Waals surface area (Å²) < 4.78 is 11.5. The van der Waals surface area contributed by atoms with Crippen LogP contribution in [-0.2, 0) is 12.8 Å². The fourth-order valence-electron chi connectivity index (χ4n) is 3.01. The zero-order chi connectivity index (χ0) is 14.3. The lowest BCUT2D eigenvalue weighted by Gasteiger charge is -2.20. The third-order valence-electron chi connectivity index (χ3n) is 3.79. The first kappa shape index (κ1) is 13.2. The van der Waals surface area contributed by atoms with Crippen LogP contribution in [0.25, 0.3) is 11.0 Å². The van der Waals surface area contributed by atoms with Crippen LogP contribution in [0.2, 0.25) is 0 Å². The minimum atomic E-state index is -0.173. The van der Waals surface area contributed by atoms with Gasteiger partial charge in [0, 0.05) is 5.56 Å². The predicted molar refractivity (Wildman–Crippen MR) is 79.6 cm³/mol. The molecule has 20 heavy (non-hydrogen) atoms. The van der Waals surface area contributed by atoms with Crippen LogP contribution in [0.15, 0.2) is 21.3 Å². The molecule has 2 aromatic rings. The van der Waals surface area contributed by atoms with Gasteiger partial charge in [-0.25, -0.2) is 4.79 Å². The minimum Gasteiger partial charge on any atom is -0.490 e. The van der Waals surface area contributed by atoms with Gasteiger partial charge in [0.1, 0.15) is 11.3 Å². The summed E-state index contributed by atoms with van der Waals surface area (Å²) in [5, 5.41) is 0.999. The number of fused-ring (bicyclic) bond motifs is 3. The molecule has 0 radical (unpaired) electrons. The number of aryl methyl sites for hydroxylation is 2. The van der Waals surface area contributed by atoms with Crippen LogP contribution in [0, 0.1) is 6.92 Å². The molecule has 0 fully saturated rings. The van der Waals surface area contributed by atoms with E-state index in [1.165, 1.54) is 0 Å². The lowest BCUT2D eigenvalue weighted by molar-refractivity contribution is 0.245. The molecule has 0 bridgehead atoms. The van der Waals surface area contributed by atoms with Gasteiger partial charge in [0.2, 0.25) is 0 Å². The number of rotatable bonds is 2. The second-order valence-corrected chi connectivity index (χ2v) is 5.86. The molecule has 0 amide bonds. The van der Waals surface area contributed by atoms with Gasteiger partial charge in [0.25, 0.3) is 0 Å². The maximum absolute atomic E-state index is 12.1. The average molecular weight is 272 g/mol. The van der Waals surface area contributed by atoms with E-state index in [1.54, 1.807) is 0 Å². The van der Waals surface area contributed by atoms with Gasteiger partial charge in [-0.2, -0.15) is 0 Å². The van der Waals surface area contributed by atoms with E-state index in [1.807, 2.05) is 32.9 Å². The van der Waals surface area contributed by atoms with Crippen LogP contribution >= 0.6 is 0 Å². The topological polar surface area (TPSA) is 39.4 Å². The lowest BCUT2D eigenvalue weighted by atomic mass is 9.90. The summed E-state index contributed by atoms with van der Waals surface area (Å²) in [4.78, 5) is 12.1. The van der Waals surface area contributed by atoms with Crippen molar-refractivity contribution in [3.05, 3.63) is 39.2 Å². The fourth-order valence-corrected chi connectivity index (χ4v) is 3.01.